The molecule has 9 nitrogen and oxygen atoms in total. The van der Waals surface area contributed by atoms with E-state index in [2.05, 4.69) is 9.97 Å². The molecule has 2 N–H and O–H groups in total. The number of carbonyl (C=O) groups is 1. The van der Waals surface area contributed by atoms with E-state index in [9.17, 15) is 13.2 Å². The molecule has 22 heavy (non-hydrogen) atoms. The number of ether oxygens (including phenoxy) is 1. The number of hydrogen-bond acceptors (Lipinski definition) is 8. The topological polar surface area (TPSA) is 129 Å². The summed E-state index contributed by atoms with van der Waals surface area (Å²) in [5, 5.41) is -0.234. The van der Waals surface area contributed by atoms with Crippen molar-refractivity contribution in [2.24, 2.45) is 0 Å². The highest BCUT2D eigenvalue weighted by atomic mass is 32.2. The van der Waals surface area contributed by atoms with Crippen LogP contribution in [0, 0.1) is 0 Å². The third-order valence-electron chi connectivity index (χ3n) is 2.64. The van der Waals surface area contributed by atoms with Crippen LogP contribution in [0.5, 0.6) is 0 Å². The summed E-state index contributed by atoms with van der Waals surface area (Å²) in [6.45, 7) is -0.252. The molecule has 10 heteroatoms. The summed E-state index contributed by atoms with van der Waals surface area (Å²) in [5.74, 6) is -0.655. The molecule has 0 fully saturated rings. The third-order valence-corrected chi connectivity index (χ3v) is 4.33. The zero-order valence-corrected chi connectivity index (χ0v) is 12.7. The normalized spacial score (nSPS) is 11.6. The Morgan fingerprint density at radius 1 is 1.32 bits per heavy atom. The van der Waals surface area contributed by atoms with Gasteiger partial charge < -0.3 is 14.9 Å². The number of aromatic nitrogens is 2. The standard InChI is InChI=1S/C12H14N4O5S/c1-16(2)22(18,19)9-4-3-8(21-9)7-20-12(17)10-11(13)15-6-5-14-10/h3-6H,7H2,1-2H3,(H2,13,15). The van der Waals surface area contributed by atoms with E-state index in [1.54, 1.807) is 0 Å². The minimum Gasteiger partial charge on any atom is -0.453 e. The zero-order chi connectivity index (χ0) is 16.3. The van der Waals surface area contributed by atoms with Gasteiger partial charge in [0.2, 0.25) is 5.09 Å². The van der Waals surface area contributed by atoms with Gasteiger partial charge >= 0.3 is 5.97 Å². The molecule has 0 aliphatic carbocycles. The number of anilines is 1. The summed E-state index contributed by atoms with van der Waals surface area (Å²) >= 11 is 0. The summed E-state index contributed by atoms with van der Waals surface area (Å²) in [4.78, 5) is 19.3. The van der Waals surface area contributed by atoms with Gasteiger partial charge in [0.15, 0.2) is 11.5 Å². The molecule has 0 spiro atoms. The highest BCUT2D eigenvalue weighted by molar-refractivity contribution is 7.88. The highest BCUT2D eigenvalue weighted by Crippen LogP contribution is 2.18. The second-order valence-electron chi connectivity index (χ2n) is 4.37. The molecule has 0 saturated carbocycles. The van der Waals surface area contributed by atoms with Crippen LogP contribution in [-0.4, -0.2) is 42.8 Å². The molecular weight excluding hydrogens is 312 g/mol. The van der Waals surface area contributed by atoms with Crippen molar-refractivity contribution >= 4 is 21.8 Å². The van der Waals surface area contributed by atoms with E-state index in [0.29, 0.717) is 0 Å². The van der Waals surface area contributed by atoms with Gasteiger partial charge in [-0.05, 0) is 12.1 Å². The van der Waals surface area contributed by atoms with E-state index in [0.717, 1.165) is 4.31 Å². The molecule has 0 aliphatic heterocycles. The number of nitrogen functional groups attached to an aromatic ring is 1. The van der Waals surface area contributed by atoms with Gasteiger partial charge in [0.05, 0.1) is 0 Å². The van der Waals surface area contributed by atoms with E-state index in [1.807, 2.05) is 0 Å². The fourth-order valence-electron chi connectivity index (χ4n) is 1.47. The molecule has 118 valence electrons. The van der Waals surface area contributed by atoms with E-state index >= 15 is 0 Å². The summed E-state index contributed by atoms with van der Waals surface area (Å²) in [5.41, 5.74) is 5.39. The van der Waals surface area contributed by atoms with Crippen LogP contribution >= 0.6 is 0 Å². The Morgan fingerprint density at radius 2 is 2.00 bits per heavy atom. The van der Waals surface area contributed by atoms with Crippen LogP contribution in [0.4, 0.5) is 5.82 Å². The largest absolute Gasteiger partial charge is 0.453 e. The maximum atomic E-state index is 11.8. The molecule has 2 aromatic heterocycles. The molecular formula is C12H14N4O5S. The molecule has 0 amide bonds. The number of hydrogen-bond donors (Lipinski definition) is 1. The first-order valence-electron chi connectivity index (χ1n) is 6.07. The van der Waals surface area contributed by atoms with Crippen LogP contribution in [0.1, 0.15) is 16.2 Å². The maximum absolute atomic E-state index is 11.8. The van der Waals surface area contributed by atoms with Crippen molar-refractivity contribution in [3.8, 4) is 0 Å². The number of nitrogens with zero attached hydrogens (tertiary/aromatic N) is 3. The number of carbonyl (C=O) groups excluding carboxylic acids is 1. The number of nitrogens with two attached hydrogens (primary N) is 1. The van der Waals surface area contributed by atoms with Gasteiger partial charge in [0.25, 0.3) is 10.0 Å². The van der Waals surface area contributed by atoms with Crippen LogP contribution in [0.15, 0.2) is 34.0 Å². The molecule has 2 heterocycles. The molecule has 0 unspecified atom stereocenters. The lowest BCUT2D eigenvalue weighted by Gasteiger charge is -2.08. The van der Waals surface area contributed by atoms with Crippen molar-refractivity contribution < 1.29 is 22.4 Å². The molecule has 0 atom stereocenters. The van der Waals surface area contributed by atoms with Crippen molar-refractivity contribution in [2.75, 3.05) is 19.8 Å². The Balaban J connectivity index is 2.06. The van der Waals surface area contributed by atoms with Crippen LogP contribution in [0.3, 0.4) is 0 Å². The first-order valence-corrected chi connectivity index (χ1v) is 7.51. The van der Waals surface area contributed by atoms with Crippen molar-refractivity contribution in [1.29, 1.82) is 0 Å². The quantitative estimate of drug-likeness (QED) is 0.775. The predicted molar refractivity (Wildman–Crippen MR) is 75.1 cm³/mol. The van der Waals surface area contributed by atoms with Gasteiger partial charge in [-0.25, -0.2) is 27.5 Å². The van der Waals surface area contributed by atoms with Crippen LogP contribution < -0.4 is 5.73 Å². The van der Waals surface area contributed by atoms with E-state index < -0.39 is 16.0 Å². The van der Waals surface area contributed by atoms with Gasteiger partial charge in [-0.1, -0.05) is 0 Å². The SMILES string of the molecule is CN(C)S(=O)(=O)c1ccc(COC(=O)c2nccnc2N)o1. The Bertz CT molecular complexity index is 784. The number of furan rings is 1. The molecule has 2 aromatic rings. The molecule has 0 aromatic carbocycles. The Kier molecular flexibility index (Phi) is 4.43. The van der Waals surface area contributed by atoms with Crippen molar-refractivity contribution in [3.63, 3.8) is 0 Å². The minimum atomic E-state index is -3.67. The summed E-state index contributed by atoms with van der Waals surface area (Å²) < 4.78 is 34.8. The second kappa shape index (κ2) is 6.12. The minimum absolute atomic E-state index is 0.0529. The van der Waals surface area contributed by atoms with Crippen LogP contribution in [0.25, 0.3) is 0 Å². The summed E-state index contributed by atoms with van der Waals surface area (Å²) in [7, 11) is -0.903. The predicted octanol–water partition coefficient (Wildman–Crippen LogP) is 0.259. The number of rotatable bonds is 5. The van der Waals surface area contributed by atoms with Gasteiger partial charge in [0.1, 0.15) is 12.4 Å². The van der Waals surface area contributed by atoms with Gasteiger partial charge in [-0.15, -0.1) is 0 Å². The summed E-state index contributed by atoms with van der Waals surface area (Å²) in [6.07, 6.45) is 2.65. The van der Waals surface area contributed by atoms with Crippen LogP contribution in [0.2, 0.25) is 0 Å². The van der Waals surface area contributed by atoms with Crippen molar-refractivity contribution in [3.05, 3.63) is 36.0 Å². The first kappa shape index (κ1) is 15.9. The average Bonchev–Trinajstić information content (AvgIpc) is 2.94. The molecule has 0 bridgehead atoms. The Morgan fingerprint density at radius 3 is 2.64 bits per heavy atom. The number of sulfonamides is 1. The molecule has 0 aliphatic rings. The zero-order valence-electron chi connectivity index (χ0n) is 11.9. The smallest absolute Gasteiger partial charge is 0.361 e. The fraction of sp³-hybridized carbons (Fsp3) is 0.250. The molecule has 0 saturated heterocycles. The highest BCUT2D eigenvalue weighted by Gasteiger charge is 2.22. The van der Waals surface area contributed by atoms with Gasteiger partial charge in [-0.3, -0.25) is 0 Å². The first-order chi connectivity index (χ1) is 10.3. The fourth-order valence-corrected chi connectivity index (χ4v) is 2.28. The summed E-state index contributed by atoms with van der Waals surface area (Å²) in [6, 6.07) is 2.69. The lowest BCUT2D eigenvalue weighted by Crippen LogP contribution is -2.21. The molecule has 0 radical (unpaired) electrons. The molecule has 2 rings (SSSR count). The monoisotopic (exact) mass is 326 g/mol. The van der Waals surface area contributed by atoms with Gasteiger partial charge in [0, 0.05) is 26.5 Å². The van der Waals surface area contributed by atoms with Crippen molar-refractivity contribution in [1.82, 2.24) is 14.3 Å². The van der Waals surface area contributed by atoms with E-state index in [-0.39, 0.29) is 29.0 Å². The Labute approximate surface area is 126 Å². The maximum Gasteiger partial charge on any atom is 0.361 e. The van der Waals surface area contributed by atoms with E-state index in [4.69, 9.17) is 14.9 Å². The third kappa shape index (κ3) is 3.23. The lowest BCUT2D eigenvalue weighted by molar-refractivity contribution is 0.0434. The van der Waals surface area contributed by atoms with Crippen LogP contribution in [-0.2, 0) is 21.4 Å². The van der Waals surface area contributed by atoms with Crippen molar-refractivity contribution in [2.45, 2.75) is 11.7 Å². The van der Waals surface area contributed by atoms with E-state index in [1.165, 1.54) is 38.6 Å². The second-order valence-corrected chi connectivity index (χ2v) is 6.46. The average molecular weight is 326 g/mol. The lowest BCUT2D eigenvalue weighted by atomic mass is 10.4. The number of esters is 1. The Hall–Kier alpha value is -2.46. The van der Waals surface area contributed by atoms with Gasteiger partial charge in [-0.2, -0.15) is 0 Å².